The lowest BCUT2D eigenvalue weighted by atomic mass is 9.81. The van der Waals surface area contributed by atoms with Crippen molar-refractivity contribution in [1.82, 2.24) is 0 Å². The first-order chi connectivity index (χ1) is 14.0. The number of hydrogen-bond acceptors (Lipinski definition) is 5. The summed E-state index contributed by atoms with van der Waals surface area (Å²) in [6, 6.07) is 15.6. The van der Waals surface area contributed by atoms with Crippen LogP contribution in [-0.2, 0) is 4.74 Å². The molecule has 29 heavy (non-hydrogen) atoms. The molecule has 5 nitrogen and oxygen atoms in total. The molecule has 1 saturated heterocycles. The van der Waals surface area contributed by atoms with Crippen LogP contribution < -0.4 is 4.74 Å². The van der Waals surface area contributed by atoms with E-state index >= 15 is 0 Å². The van der Waals surface area contributed by atoms with E-state index < -0.39 is 0 Å². The second kappa shape index (κ2) is 7.70. The minimum atomic E-state index is -0.158. The molecule has 0 aliphatic carbocycles. The lowest BCUT2D eigenvalue weighted by Gasteiger charge is -2.40. The van der Waals surface area contributed by atoms with Crippen molar-refractivity contribution in [2.45, 2.75) is 44.8 Å². The molecule has 0 aromatic heterocycles. The molecule has 0 amide bonds. The molecule has 2 unspecified atom stereocenters. The Kier molecular flexibility index (Phi) is 5.09. The Balaban J connectivity index is 1.67. The van der Waals surface area contributed by atoms with Gasteiger partial charge in [0.05, 0.1) is 22.9 Å². The lowest BCUT2D eigenvalue weighted by molar-refractivity contribution is -0.0909. The van der Waals surface area contributed by atoms with E-state index in [1.165, 1.54) is 0 Å². The minimum Gasteiger partial charge on any atom is -0.489 e. The molecule has 0 N–H and O–H groups in total. The van der Waals surface area contributed by atoms with Crippen LogP contribution in [0.15, 0.2) is 47.5 Å². The number of ether oxygens (including phenoxy) is 2. The third-order valence-corrected chi connectivity index (χ3v) is 5.73. The van der Waals surface area contributed by atoms with Crippen LogP contribution in [0.4, 0.5) is 0 Å². The van der Waals surface area contributed by atoms with E-state index in [-0.39, 0.29) is 11.7 Å². The van der Waals surface area contributed by atoms with Gasteiger partial charge in [0, 0.05) is 24.5 Å². The van der Waals surface area contributed by atoms with Crippen LogP contribution in [0.5, 0.6) is 5.75 Å². The van der Waals surface area contributed by atoms with Gasteiger partial charge >= 0.3 is 0 Å². The van der Waals surface area contributed by atoms with Crippen molar-refractivity contribution in [2.75, 3.05) is 6.61 Å². The van der Waals surface area contributed by atoms with Crippen molar-refractivity contribution < 1.29 is 9.47 Å². The zero-order chi connectivity index (χ0) is 20.4. The third kappa shape index (κ3) is 4.01. The van der Waals surface area contributed by atoms with Crippen molar-refractivity contribution in [1.29, 1.82) is 10.5 Å². The average Bonchev–Trinajstić information content (AvgIpc) is 2.73. The first-order valence-corrected chi connectivity index (χ1v) is 9.90. The van der Waals surface area contributed by atoms with Crippen LogP contribution >= 0.6 is 0 Å². The fraction of sp³-hybridized carbons (Fsp3) is 0.375. The lowest BCUT2D eigenvalue weighted by Crippen LogP contribution is -2.43. The Hall–Kier alpha value is -3.15. The third-order valence-electron chi connectivity index (χ3n) is 5.73. The molecule has 2 aromatic rings. The van der Waals surface area contributed by atoms with Crippen LogP contribution in [0.3, 0.4) is 0 Å². The summed E-state index contributed by atoms with van der Waals surface area (Å²) in [6.45, 7) is 4.95. The molecular weight excluding hydrogens is 362 g/mol. The Morgan fingerprint density at radius 1 is 1.10 bits per heavy atom. The fourth-order valence-corrected chi connectivity index (χ4v) is 4.34. The molecule has 0 saturated carbocycles. The maximum Gasteiger partial charge on any atom is 0.205 e. The highest BCUT2D eigenvalue weighted by molar-refractivity contribution is 6.05. The largest absolute Gasteiger partial charge is 0.489 e. The Morgan fingerprint density at radius 3 is 2.69 bits per heavy atom. The van der Waals surface area contributed by atoms with Crippen molar-refractivity contribution in [3.05, 3.63) is 53.6 Å². The van der Waals surface area contributed by atoms with E-state index in [0.717, 1.165) is 47.6 Å². The molecule has 4 rings (SSSR count). The molecule has 2 heterocycles. The molecule has 1 fully saturated rings. The summed E-state index contributed by atoms with van der Waals surface area (Å²) in [7, 11) is 0. The van der Waals surface area contributed by atoms with E-state index in [0.29, 0.717) is 17.9 Å². The smallest absolute Gasteiger partial charge is 0.205 e. The van der Waals surface area contributed by atoms with Crippen molar-refractivity contribution in [2.24, 2.45) is 10.9 Å². The van der Waals surface area contributed by atoms with Gasteiger partial charge < -0.3 is 9.47 Å². The number of rotatable bonds is 2. The van der Waals surface area contributed by atoms with Crippen molar-refractivity contribution >= 4 is 5.71 Å². The fourth-order valence-electron chi connectivity index (χ4n) is 4.34. The quantitative estimate of drug-likeness (QED) is 0.692. The molecule has 0 radical (unpaired) electrons. The molecule has 0 bridgehead atoms. The zero-order valence-corrected chi connectivity index (χ0v) is 16.7. The molecular formula is C24H23N3O2. The number of nitrogens with zero attached hydrogens (tertiary/aromatic N) is 3. The van der Waals surface area contributed by atoms with E-state index in [1.54, 1.807) is 6.07 Å². The van der Waals surface area contributed by atoms with Crippen molar-refractivity contribution in [3.8, 4) is 29.1 Å². The average molecular weight is 385 g/mol. The zero-order valence-electron chi connectivity index (χ0n) is 16.7. The van der Waals surface area contributed by atoms with Gasteiger partial charge in [0.15, 0.2) is 0 Å². The van der Waals surface area contributed by atoms with E-state index in [1.807, 2.05) is 42.6 Å². The summed E-state index contributed by atoms with van der Waals surface area (Å²) in [6.07, 6.45) is 4.43. The predicted octanol–water partition coefficient (Wildman–Crippen LogP) is 4.85. The highest BCUT2D eigenvalue weighted by Crippen LogP contribution is 2.39. The monoisotopic (exact) mass is 385 g/mol. The Bertz CT molecular complexity index is 1040. The number of fused-ring (bicyclic) bond motifs is 1. The molecule has 5 heteroatoms. The highest BCUT2D eigenvalue weighted by atomic mass is 16.5. The molecule has 2 atom stereocenters. The van der Waals surface area contributed by atoms with Gasteiger partial charge in [0.25, 0.3) is 0 Å². The van der Waals surface area contributed by atoms with Crippen molar-refractivity contribution in [3.63, 3.8) is 0 Å². The highest BCUT2D eigenvalue weighted by Gasteiger charge is 2.37. The standard InChI is InChI=1S/C24H23N3O2/c1-24(2)13-19(8-9-28-24)23-12-21(27-15-26)20-11-18(6-7-22(20)29-23)17-5-3-4-16(10-17)14-25/h3-7,10-11,19,23H,8-9,12-13H2,1-2H3. The van der Waals surface area contributed by atoms with E-state index in [4.69, 9.17) is 14.7 Å². The maximum absolute atomic E-state index is 9.24. The maximum atomic E-state index is 9.24. The number of aliphatic imine (C=N–C) groups is 1. The van der Waals surface area contributed by atoms with Crippen LogP contribution in [0.2, 0.25) is 0 Å². The van der Waals surface area contributed by atoms with Gasteiger partial charge in [-0.15, -0.1) is 0 Å². The number of benzene rings is 2. The van der Waals surface area contributed by atoms with Gasteiger partial charge in [0.1, 0.15) is 11.9 Å². The normalized spacial score (nSPS) is 24.1. The summed E-state index contributed by atoms with van der Waals surface area (Å²) in [5.41, 5.74) is 4.01. The second-order valence-electron chi connectivity index (χ2n) is 8.28. The SMILES string of the molecule is CC1(C)CC(C2CC(=NC#N)c3cc(-c4cccc(C#N)c4)ccc3O2)CCO1. The van der Waals surface area contributed by atoms with Gasteiger partial charge in [-0.05, 0) is 62.1 Å². The Labute approximate surface area is 171 Å². The molecule has 2 aromatic carbocycles. The van der Waals surface area contributed by atoms with E-state index in [2.05, 4.69) is 24.9 Å². The van der Waals surface area contributed by atoms with Crippen LogP contribution in [0.1, 0.15) is 44.2 Å². The topological polar surface area (TPSA) is 78.4 Å². The first kappa shape index (κ1) is 19.2. The Morgan fingerprint density at radius 2 is 1.93 bits per heavy atom. The number of hydrogen-bond donors (Lipinski definition) is 0. The summed E-state index contributed by atoms with van der Waals surface area (Å²) < 4.78 is 12.2. The van der Waals surface area contributed by atoms with Gasteiger partial charge in [-0.1, -0.05) is 18.2 Å². The summed E-state index contributed by atoms with van der Waals surface area (Å²) in [5.74, 6) is 1.13. The first-order valence-electron chi connectivity index (χ1n) is 9.90. The summed E-state index contributed by atoms with van der Waals surface area (Å²) in [5, 5.41) is 18.4. The predicted molar refractivity (Wildman–Crippen MR) is 111 cm³/mol. The van der Waals surface area contributed by atoms with Gasteiger partial charge in [0.2, 0.25) is 6.19 Å². The van der Waals surface area contributed by atoms with Crippen LogP contribution in [0, 0.1) is 28.7 Å². The summed E-state index contributed by atoms with van der Waals surface area (Å²) >= 11 is 0. The summed E-state index contributed by atoms with van der Waals surface area (Å²) in [4.78, 5) is 4.13. The minimum absolute atomic E-state index is 0.00876. The van der Waals surface area contributed by atoms with Gasteiger partial charge in [-0.25, -0.2) is 0 Å². The number of nitriles is 2. The van der Waals surface area contributed by atoms with Gasteiger partial charge in [-0.2, -0.15) is 15.5 Å². The molecule has 146 valence electrons. The van der Waals surface area contributed by atoms with Crippen LogP contribution in [-0.4, -0.2) is 24.0 Å². The van der Waals surface area contributed by atoms with Gasteiger partial charge in [-0.3, -0.25) is 0 Å². The molecule has 2 aliphatic heterocycles. The second-order valence-corrected chi connectivity index (χ2v) is 8.28. The molecule has 0 spiro atoms. The molecule has 2 aliphatic rings. The van der Waals surface area contributed by atoms with Crippen LogP contribution in [0.25, 0.3) is 11.1 Å². The van der Waals surface area contributed by atoms with E-state index in [9.17, 15) is 5.26 Å².